The van der Waals surface area contributed by atoms with Crippen LogP contribution in [0.5, 0.6) is 5.75 Å². The summed E-state index contributed by atoms with van der Waals surface area (Å²) in [6, 6.07) is 5.54. The molecular weight excluding hydrogens is 301 g/mol. The molecule has 0 aliphatic carbocycles. The number of anilines is 2. The Hall–Kier alpha value is -2.84. The molecule has 0 bridgehead atoms. The molecule has 9 heteroatoms. The van der Waals surface area contributed by atoms with Crippen molar-refractivity contribution in [2.24, 2.45) is 0 Å². The van der Waals surface area contributed by atoms with Gasteiger partial charge in [-0.15, -0.1) is 5.10 Å². The fourth-order valence-electron chi connectivity index (χ4n) is 1.51. The Bertz CT molecular complexity index is 640. The fraction of sp³-hybridized carbons (Fsp3) is 0.154. The number of hydrogen-bond acceptors (Lipinski definition) is 4. The van der Waals surface area contributed by atoms with Crippen molar-refractivity contribution >= 4 is 17.5 Å². The van der Waals surface area contributed by atoms with Crippen LogP contribution in [-0.2, 0) is 0 Å². The Morgan fingerprint density at radius 1 is 1.27 bits per heavy atom. The van der Waals surface area contributed by atoms with Crippen LogP contribution in [0.2, 0.25) is 0 Å². The number of rotatable bonds is 5. The summed E-state index contributed by atoms with van der Waals surface area (Å²) in [6.45, 7) is -0.913. The first-order valence-corrected chi connectivity index (χ1v) is 6.11. The Morgan fingerprint density at radius 2 is 2.09 bits per heavy atom. The molecule has 1 aromatic heterocycles. The van der Waals surface area contributed by atoms with Gasteiger partial charge in [-0.05, 0) is 24.3 Å². The van der Waals surface area contributed by atoms with Crippen molar-refractivity contribution in [3.8, 4) is 5.75 Å². The minimum Gasteiger partial charge on any atom is -0.485 e. The zero-order valence-corrected chi connectivity index (χ0v) is 11.1. The summed E-state index contributed by atoms with van der Waals surface area (Å²) >= 11 is 0. The Kier molecular flexibility index (Phi) is 5.12. The van der Waals surface area contributed by atoms with E-state index in [1.807, 2.05) is 0 Å². The SMILES string of the molecule is O=C(Nc1cccnn1)Nc1ccc(F)cc1OCC(F)F. The zero-order chi connectivity index (χ0) is 15.9. The Labute approximate surface area is 123 Å². The highest BCUT2D eigenvalue weighted by Crippen LogP contribution is 2.26. The quantitative estimate of drug-likeness (QED) is 0.890. The van der Waals surface area contributed by atoms with E-state index in [1.165, 1.54) is 18.3 Å². The van der Waals surface area contributed by atoms with E-state index in [0.29, 0.717) is 0 Å². The minimum absolute atomic E-state index is 0.0449. The molecule has 0 saturated carbocycles. The van der Waals surface area contributed by atoms with Gasteiger partial charge in [0.2, 0.25) is 0 Å². The van der Waals surface area contributed by atoms with Crippen molar-refractivity contribution in [1.82, 2.24) is 10.2 Å². The maximum absolute atomic E-state index is 13.1. The zero-order valence-electron chi connectivity index (χ0n) is 11.1. The number of ether oxygens (including phenoxy) is 1. The van der Waals surface area contributed by atoms with Gasteiger partial charge in [0.25, 0.3) is 6.43 Å². The number of urea groups is 1. The lowest BCUT2D eigenvalue weighted by atomic mass is 10.3. The molecule has 0 aliphatic rings. The number of carbonyl (C=O) groups is 1. The highest BCUT2D eigenvalue weighted by atomic mass is 19.3. The van der Waals surface area contributed by atoms with E-state index in [2.05, 4.69) is 20.8 Å². The summed E-state index contributed by atoms with van der Waals surface area (Å²) in [5.74, 6) is -0.684. The third kappa shape index (κ3) is 4.62. The van der Waals surface area contributed by atoms with Crippen molar-refractivity contribution in [2.45, 2.75) is 6.43 Å². The number of halogens is 3. The fourth-order valence-corrected chi connectivity index (χ4v) is 1.51. The van der Waals surface area contributed by atoms with Crippen LogP contribution < -0.4 is 15.4 Å². The maximum atomic E-state index is 13.1. The van der Waals surface area contributed by atoms with Crippen LogP contribution in [-0.4, -0.2) is 29.3 Å². The first-order valence-electron chi connectivity index (χ1n) is 6.11. The van der Waals surface area contributed by atoms with E-state index in [1.54, 1.807) is 6.07 Å². The largest absolute Gasteiger partial charge is 0.485 e. The molecule has 0 spiro atoms. The average molecular weight is 312 g/mol. The molecule has 0 saturated heterocycles. The first-order chi connectivity index (χ1) is 10.5. The second-order valence-corrected chi connectivity index (χ2v) is 4.03. The number of alkyl halides is 2. The smallest absolute Gasteiger partial charge is 0.325 e. The van der Waals surface area contributed by atoms with Gasteiger partial charge in [-0.25, -0.2) is 18.0 Å². The summed E-state index contributed by atoms with van der Waals surface area (Å²) in [6.07, 6.45) is -1.29. The second kappa shape index (κ2) is 7.25. The average Bonchev–Trinajstić information content (AvgIpc) is 2.48. The van der Waals surface area contributed by atoms with E-state index in [-0.39, 0.29) is 17.3 Å². The molecule has 6 nitrogen and oxygen atoms in total. The lowest BCUT2D eigenvalue weighted by Gasteiger charge is -2.12. The molecule has 0 unspecified atom stereocenters. The molecule has 0 fully saturated rings. The van der Waals surface area contributed by atoms with Gasteiger partial charge in [-0.2, -0.15) is 5.10 Å². The first kappa shape index (κ1) is 15.5. The van der Waals surface area contributed by atoms with Gasteiger partial charge in [0.1, 0.15) is 18.2 Å². The summed E-state index contributed by atoms with van der Waals surface area (Å²) in [5, 5.41) is 11.9. The van der Waals surface area contributed by atoms with E-state index < -0.39 is 24.9 Å². The van der Waals surface area contributed by atoms with Crippen LogP contribution in [0.1, 0.15) is 0 Å². The maximum Gasteiger partial charge on any atom is 0.325 e. The van der Waals surface area contributed by atoms with Crippen molar-refractivity contribution in [2.75, 3.05) is 17.2 Å². The van der Waals surface area contributed by atoms with Crippen molar-refractivity contribution in [3.05, 3.63) is 42.3 Å². The molecule has 2 N–H and O–H groups in total. The Morgan fingerprint density at radius 3 is 2.77 bits per heavy atom. The number of hydrogen-bond donors (Lipinski definition) is 2. The molecule has 2 aromatic rings. The third-order valence-electron chi connectivity index (χ3n) is 2.37. The van der Waals surface area contributed by atoms with Gasteiger partial charge in [-0.1, -0.05) is 0 Å². The van der Waals surface area contributed by atoms with Crippen LogP contribution >= 0.6 is 0 Å². The Balaban J connectivity index is 2.06. The minimum atomic E-state index is -2.72. The van der Waals surface area contributed by atoms with Crippen molar-refractivity contribution < 1.29 is 22.7 Å². The molecule has 1 heterocycles. The number of nitrogens with zero attached hydrogens (tertiary/aromatic N) is 2. The molecule has 0 radical (unpaired) electrons. The molecule has 1 aromatic carbocycles. The van der Waals surface area contributed by atoms with E-state index >= 15 is 0 Å². The molecule has 2 amide bonds. The molecule has 0 atom stereocenters. The van der Waals surface area contributed by atoms with Gasteiger partial charge < -0.3 is 10.1 Å². The lowest BCUT2D eigenvalue weighted by Crippen LogP contribution is -2.21. The molecule has 0 aliphatic heterocycles. The standard InChI is InChI=1S/C13H11F3N4O2/c14-8-3-4-9(10(6-8)22-7-11(15)16)18-13(21)19-12-2-1-5-17-20-12/h1-6,11H,7H2,(H2,18,19,20,21). The van der Waals surface area contributed by atoms with Gasteiger partial charge in [0.15, 0.2) is 5.82 Å². The number of aromatic nitrogens is 2. The highest BCUT2D eigenvalue weighted by Gasteiger charge is 2.12. The predicted molar refractivity (Wildman–Crippen MR) is 72.6 cm³/mol. The van der Waals surface area contributed by atoms with Crippen molar-refractivity contribution in [1.29, 1.82) is 0 Å². The molecular formula is C13H11F3N4O2. The van der Waals surface area contributed by atoms with Gasteiger partial charge in [0, 0.05) is 12.3 Å². The summed E-state index contributed by atoms with van der Waals surface area (Å²) in [4.78, 5) is 11.8. The molecule has 22 heavy (non-hydrogen) atoms. The van der Waals surface area contributed by atoms with Crippen LogP contribution in [0.4, 0.5) is 29.5 Å². The summed E-state index contributed by atoms with van der Waals surface area (Å²) in [5.41, 5.74) is 0.0449. The van der Waals surface area contributed by atoms with Crippen LogP contribution in [0.25, 0.3) is 0 Å². The summed E-state index contributed by atoms with van der Waals surface area (Å²) < 4.78 is 42.3. The lowest BCUT2D eigenvalue weighted by molar-refractivity contribution is 0.0821. The van der Waals surface area contributed by atoms with E-state index in [9.17, 15) is 18.0 Å². The van der Waals surface area contributed by atoms with Gasteiger partial charge in [0.05, 0.1) is 5.69 Å². The van der Waals surface area contributed by atoms with Crippen LogP contribution in [0.3, 0.4) is 0 Å². The normalized spacial score (nSPS) is 10.4. The number of amides is 2. The molecule has 116 valence electrons. The van der Waals surface area contributed by atoms with Crippen LogP contribution in [0, 0.1) is 5.82 Å². The third-order valence-corrected chi connectivity index (χ3v) is 2.37. The number of benzene rings is 1. The van der Waals surface area contributed by atoms with Crippen molar-refractivity contribution in [3.63, 3.8) is 0 Å². The van der Waals surface area contributed by atoms with Gasteiger partial charge >= 0.3 is 6.03 Å². The number of carbonyl (C=O) groups excluding carboxylic acids is 1. The topological polar surface area (TPSA) is 76.1 Å². The number of nitrogens with one attached hydrogen (secondary N) is 2. The monoisotopic (exact) mass is 312 g/mol. The van der Waals surface area contributed by atoms with E-state index in [4.69, 9.17) is 4.74 Å². The van der Waals surface area contributed by atoms with Crippen LogP contribution in [0.15, 0.2) is 36.5 Å². The van der Waals surface area contributed by atoms with E-state index in [0.717, 1.165) is 12.1 Å². The highest BCUT2D eigenvalue weighted by molar-refractivity contribution is 6.00. The second-order valence-electron chi connectivity index (χ2n) is 4.03. The van der Waals surface area contributed by atoms with Gasteiger partial charge in [-0.3, -0.25) is 5.32 Å². The predicted octanol–water partition coefficient (Wildman–Crippen LogP) is 2.90. The molecule has 2 rings (SSSR count). The summed E-state index contributed by atoms with van der Waals surface area (Å²) in [7, 11) is 0.